The van der Waals surface area contributed by atoms with Gasteiger partial charge in [0, 0.05) is 25.8 Å². The fourth-order valence-corrected chi connectivity index (χ4v) is 1.95. The number of ether oxygens (including phenoxy) is 2. The van der Waals surface area contributed by atoms with Crippen molar-refractivity contribution in [3.8, 4) is 0 Å². The molecule has 0 aromatic heterocycles. The Morgan fingerprint density at radius 1 is 1.24 bits per heavy atom. The van der Waals surface area contributed by atoms with Gasteiger partial charge in [0.25, 0.3) is 0 Å². The van der Waals surface area contributed by atoms with E-state index in [1.807, 2.05) is 23.1 Å². The number of benzene rings is 1. The van der Waals surface area contributed by atoms with Gasteiger partial charge in [-0.3, -0.25) is 5.41 Å². The molecule has 0 atom stereocenters. The van der Waals surface area contributed by atoms with Gasteiger partial charge in [0.15, 0.2) is 0 Å². The van der Waals surface area contributed by atoms with Crippen molar-refractivity contribution in [3.63, 3.8) is 0 Å². The van der Waals surface area contributed by atoms with Crippen molar-refractivity contribution in [1.29, 1.82) is 5.41 Å². The quantitative estimate of drug-likeness (QED) is 0.758. The molecule has 0 amide bonds. The third kappa shape index (κ3) is 2.84. The van der Waals surface area contributed by atoms with Gasteiger partial charge >= 0.3 is 0 Å². The number of fused-ring (bicyclic) bond motifs is 1. The van der Waals surface area contributed by atoms with Crippen molar-refractivity contribution in [1.82, 2.24) is 4.90 Å². The molecular weight excluding hydrogens is 216 g/mol. The molecule has 0 spiro atoms. The summed E-state index contributed by atoms with van der Waals surface area (Å²) < 4.78 is 10.3. The van der Waals surface area contributed by atoms with Crippen molar-refractivity contribution in [2.75, 3.05) is 33.5 Å². The van der Waals surface area contributed by atoms with E-state index in [0.29, 0.717) is 25.7 Å². The van der Waals surface area contributed by atoms with Crippen LogP contribution in [-0.2, 0) is 16.0 Å². The van der Waals surface area contributed by atoms with Crippen LogP contribution in [0.4, 0.5) is 0 Å². The SMILES string of the molecule is COCCOCCN1Cc2ccccc2C1=N. The van der Waals surface area contributed by atoms with E-state index < -0.39 is 0 Å². The maximum Gasteiger partial charge on any atom is 0.128 e. The number of hydrogen-bond acceptors (Lipinski definition) is 3. The first kappa shape index (κ1) is 12.1. The van der Waals surface area contributed by atoms with Gasteiger partial charge in [0.1, 0.15) is 5.84 Å². The number of nitrogens with one attached hydrogen (secondary N) is 1. The molecule has 0 unspecified atom stereocenters. The Bertz CT molecular complexity index is 393. The van der Waals surface area contributed by atoms with Crippen LogP contribution in [-0.4, -0.2) is 44.2 Å². The van der Waals surface area contributed by atoms with Gasteiger partial charge in [-0.1, -0.05) is 24.3 Å². The topological polar surface area (TPSA) is 45.6 Å². The van der Waals surface area contributed by atoms with E-state index in [1.165, 1.54) is 5.56 Å². The van der Waals surface area contributed by atoms with Crippen molar-refractivity contribution < 1.29 is 9.47 Å². The highest BCUT2D eigenvalue weighted by Gasteiger charge is 2.22. The normalized spacial score (nSPS) is 14.2. The van der Waals surface area contributed by atoms with E-state index in [1.54, 1.807) is 7.11 Å². The summed E-state index contributed by atoms with van der Waals surface area (Å²) in [5.74, 6) is 0.607. The molecule has 4 nitrogen and oxygen atoms in total. The van der Waals surface area contributed by atoms with E-state index in [-0.39, 0.29) is 0 Å². The molecule has 1 aromatic carbocycles. The lowest BCUT2D eigenvalue weighted by Gasteiger charge is -2.17. The predicted molar refractivity (Wildman–Crippen MR) is 66.4 cm³/mol. The van der Waals surface area contributed by atoms with Crippen LogP contribution in [0.3, 0.4) is 0 Å². The Labute approximate surface area is 102 Å². The first-order valence-electron chi connectivity index (χ1n) is 5.81. The largest absolute Gasteiger partial charge is 0.382 e. The average Bonchev–Trinajstić information content (AvgIpc) is 2.67. The molecule has 1 aromatic rings. The van der Waals surface area contributed by atoms with Crippen LogP contribution < -0.4 is 0 Å². The van der Waals surface area contributed by atoms with Gasteiger partial charge in [-0.2, -0.15) is 0 Å². The number of nitrogens with zero attached hydrogens (tertiary/aromatic N) is 1. The predicted octanol–water partition coefficient (Wildman–Crippen LogP) is 1.49. The molecule has 2 rings (SSSR count). The highest BCUT2D eigenvalue weighted by molar-refractivity contribution is 6.00. The molecule has 4 heteroatoms. The van der Waals surface area contributed by atoms with Crippen LogP contribution in [0.5, 0.6) is 0 Å². The molecule has 1 aliphatic heterocycles. The van der Waals surface area contributed by atoms with Crippen LogP contribution in [0.25, 0.3) is 0 Å². The standard InChI is InChI=1S/C13H18N2O2/c1-16-8-9-17-7-6-15-10-11-4-2-3-5-12(11)13(15)14/h2-5,14H,6-10H2,1H3. The highest BCUT2D eigenvalue weighted by atomic mass is 16.5. The van der Waals surface area contributed by atoms with Crippen LogP contribution >= 0.6 is 0 Å². The average molecular weight is 234 g/mol. The molecule has 0 radical (unpaired) electrons. The van der Waals surface area contributed by atoms with Crippen LogP contribution in [0.15, 0.2) is 24.3 Å². The Kier molecular flexibility index (Phi) is 4.12. The van der Waals surface area contributed by atoms with Crippen LogP contribution in [0, 0.1) is 5.41 Å². The van der Waals surface area contributed by atoms with Gasteiger partial charge in [0.2, 0.25) is 0 Å². The summed E-state index contributed by atoms with van der Waals surface area (Å²) in [4.78, 5) is 2.04. The number of rotatable bonds is 6. The molecule has 0 saturated heterocycles. The lowest BCUT2D eigenvalue weighted by atomic mass is 10.1. The number of hydrogen-bond donors (Lipinski definition) is 1. The Hall–Kier alpha value is -1.39. The minimum atomic E-state index is 0.607. The van der Waals surface area contributed by atoms with E-state index in [4.69, 9.17) is 14.9 Å². The Morgan fingerprint density at radius 2 is 2.06 bits per heavy atom. The fraction of sp³-hybridized carbons (Fsp3) is 0.462. The zero-order valence-corrected chi connectivity index (χ0v) is 10.1. The minimum Gasteiger partial charge on any atom is -0.382 e. The summed E-state index contributed by atoms with van der Waals surface area (Å²) in [7, 11) is 1.66. The zero-order valence-electron chi connectivity index (χ0n) is 10.1. The lowest BCUT2D eigenvalue weighted by Crippen LogP contribution is -2.28. The van der Waals surface area contributed by atoms with Crippen LogP contribution in [0.1, 0.15) is 11.1 Å². The molecule has 0 aliphatic carbocycles. The fourth-order valence-electron chi connectivity index (χ4n) is 1.95. The molecule has 0 fully saturated rings. The molecule has 1 aliphatic rings. The third-order valence-electron chi connectivity index (χ3n) is 2.89. The lowest BCUT2D eigenvalue weighted by molar-refractivity contribution is 0.0646. The van der Waals surface area contributed by atoms with E-state index in [2.05, 4.69) is 6.07 Å². The summed E-state index contributed by atoms with van der Waals surface area (Å²) in [6.07, 6.45) is 0. The molecule has 1 N–H and O–H groups in total. The second-order valence-corrected chi connectivity index (χ2v) is 4.03. The van der Waals surface area contributed by atoms with Crippen molar-refractivity contribution >= 4 is 5.84 Å². The second-order valence-electron chi connectivity index (χ2n) is 4.03. The Morgan fingerprint density at radius 3 is 2.82 bits per heavy atom. The number of amidine groups is 1. The van der Waals surface area contributed by atoms with E-state index in [0.717, 1.165) is 18.7 Å². The third-order valence-corrected chi connectivity index (χ3v) is 2.89. The maximum atomic E-state index is 8.05. The van der Waals surface area contributed by atoms with Gasteiger partial charge in [0.05, 0.1) is 19.8 Å². The second kappa shape index (κ2) is 5.80. The molecule has 17 heavy (non-hydrogen) atoms. The van der Waals surface area contributed by atoms with Crippen molar-refractivity contribution in [2.24, 2.45) is 0 Å². The highest BCUT2D eigenvalue weighted by Crippen LogP contribution is 2.21. The van der Waals surface area contributed by atoms with E-state index >= 15 is 0 Å². The van der Waals surface area contributed by atoms with Crippen LogP contribution in [0.2, 0.25) is 0 Å². The smallest absolute Gasteiger partial charge is 0.128 e. The van der Waals surface area contributed by atoms with Gasteiger partial charge in [-0.25, -0.2) is 0 Å². The number of methoxy groups -OCH3 is 1. The summed E-state index contributed by atoms with van der Waals surface area (Å²) >= 11 is 0. The van der Waals surface area contributed by atoms with Crippen molar-refractivity contribution in [3.05, 3.63) is 35.4 Å². The summed E-state index contributed by atoms with van der Waals surface area (Å²) in [5, 5.41) is 8.05. The minimum absolute atomic E-state index is 0.607. The first-order valence-corrected chi connectivity index (χ1v) is 5.81. The molecule has 0 saturated carbocycles. The monoisotopic (exact) mass is 234 g/mol. The molecule has 92 valence electrons. The zero-order chi connectivity index (χ0) is 12.1. The van der Waals surface area contributed by atoms with Gasteiger partial charge in [-0.05, 0) is 5.56 Å². The molecule has 1 heterocycles. The maximum absolute atomic E-state index is 8.05. The summed E-state index contributed by atoms with van der Waals surface area (Å²) in [6, 6.07) is 8.08. The Balaban J connectivity index is 1.80. The van der Waals surface area contributed by atoms with E-state index in [9.17, 15) is 0 Å². The van der Waals surface area contributed by atoms with Gasteiger partial charge in [-0.15, -0.1) is 0 Å². The first-order chi connectivity index (χ1) is 8.33. The van der Waals surface area contributed by atoms with Gasteiger partial charge < -0.3 is 14.4 Å². The summed E-state index contributed by atoms with van der Waals surface area (Å²) in [6.45, 7) is 3.46. The van der Waals surface area contributed by atoms with Crippen molar-refractivity contribution in [2.45, 2.75) is 6.54 Å². The summed E-state index contributed by atoms with van der Waals surface area (Å²) in [5.41, 5.74) is 2.28. The molecular formula is C13H18N2O2. The molecule has 0 bridgehead atoms.